The summed E-state index contributed by atoms with van der Waals surface area (Å²) in [6.07, 6.45) is 1.15. The molecule has 0 spiro atoms. The summed E-state index contributed by atoms with van der Waals surface area (Å²) in [5, 5.41) is 21.2. The molecule has 0 aliphatic heterocycles. The third-order valence-corrected chi connectivity index (χ3v) is 3.79. The van der Waals surface area contributed by atoms with Crippen molar-refractivity contribution in [1.82, 2.24) is 0 Å². The average Bonchev–Trinajstić information content (AvgIpc) is 2.58. The number of carboxylic acid groups (broad SMARTS) is 2. The SMILES string of the molecule is CCC(C(=O)[O-])c1ccccc1.CCC(C(=O)[O-])c1ccccc1.[Ca+2]. The fraction of sp³-hybridized carbons (Fsp3) is 0.300. The maximum Gasteiger partial charge on any atom is 2.00 e. The van der Waals surface area contributed by atoms with E-state index in [0.717, 1.165) is 11.1 Å². The van der Waals surface area contributed by atoms with Gasteiger partial charge in [0.25, 0.3) is 0 Å². The van der Waals surface area contributed by atoms with E-state index >= 15 is 0 Å². The van der Waals surface area contributed by atoms with Crippen LogP contribution >= 0.6 is 0 Å². The number of carboxylic acids is 2. The Morgan fingerprint density at radius 3 is 1.20 bits per heavy atom. The monoisotopic (exact) mass is 366 g/mol. The normalized spacial score (nSPS) is 11.9. The second-order valence-corrected chi connectivity index (χ2v) is 5.38. The molecule has 0 radical (unpaired) electrons. The van der Waals surface area contributed by atoms with Gasteiger partial charge in [0.1, 0.15) is 0 Å². The van der Waals surface area contributed by atoms with Crippen molar-refractivity contribution in [3.63, 3.8) is 0 Å². The van der Waals surface area contributed by atoms with Crippen LogP contribution in [-0.2, 0) is 9.59 Å². The number of carbonyl (C=O) groups excluding carboxylic acids is 2. The van der Waals surface area contributed by atoms with Crippen LogP contribution in [0.4, 0.5) is 0 Å². The van der Waals surface area contributed by atoms with Crippen LogP contribution in [0.25, 0.3) is 0 Å². The Balaban J connectivity index is 0.000000443. The predicted molar refractivity (Wildman–Crippen MR) is 94.7 cm³/mol. The van der Waals surface area contributed by atoms with E-state index in [1.54, 1.807) is 0 Å². The van der Waals surface area contributed by atoms with Crippen molar-refractivity contribution in [2.75, 3.05) is 0 Å². The van der Waals surface area contributed by atoms with Gasteiger partial charge in [-0.05, 0) is 24.0 Å². The summed E-state index contributed by atoms with van der Waals surface area (Å²) in [7, 11) is 0. The third kappa shape index (κ3) is 8.04. The van der Waals surface area contributed by atoms with Crippen LogP contribution in [0, 0.1) is 0 Å². The van der Waals surface area contributed by atoms with Gasteiger partial charge in [0.2, 0.25) is 0 Å². The van der Waals surface area contributed by atoms with Crippen LogP contribution < -0.4 is 10.2 Å². The second kappa shape index (κ2) is 12.9. The largest absolute Gasteiger partial charge is 2.00 e. The smallest absolute Gasteiger partial charge is 0.549 e. The first-order valence-electron chi connectivity index (χ1n) is 8.02. The maximum atomic E-state index is 10.6. The van der Waals surface area contributed by atoms with Gasteiger partial charge in [0, 0.05) is 23.8 Å². The zero-order valence-electron chi connectivity index (χ0n) is 14.7. The zero-order chi connectivity index (χ0) is 17.9. The fourth-order valence-electron chi connectivity index (χ4n) is 2.45. The van der Waals surface area contributed by atoms with Crippen LogP contribution in [0.3, 0.4) is 0 Å². The van der Waals surface area contributed by atoms with Gasteiger partial charge in [0.15, 0.2) is 0 Å². The van der Waals surface area contributed by atoms with Gasteiger partial charge in [0.05, 0.1) is 0 Å². The molecule has 0 N–H and O–H groups in total. The van der Waals surface area contributed by atoms with Gasteiger partial charge in [-0.15, -0.1) is 0 Å². The number of carbonyl (C=O) groups is 2. The van der Waals surface area contributed by atoms with Crippen LogP contribution in [-0.4, -0.2) is 49.7 Å². The molecule has 0 aliphatic carbocycles. The van der Waals surface area contributed by atoms with Gasteiger partial charge in [-0.1, -0.05) is 74.5 Å². The Kier molecular flexibility index (Phi) is 12.2. The van der Waals surface area contributed by atoms with Crippen LogP contribution in [0.15, 0.2) is 60.7 Å². The summed E-state index contributed by atoms with van der Waals surface area (Å²) < 4.78 is 0. The Hall–Kier alpha value is -1.36. The first kappa shape index (κ1) is 23.6. The molecule has 0 saturated carbocycles. The summed E-state index contributed by atoms with van der Waals surface area (Å²) in [6.45, 7) is 3.68. The molecule has 0 fully saturated rings. The van der Waals surface area contributed by atoms with Crippen molar-refractivity contribution in [2.45, 2.75) is 38.5 Å². The molecule has 2 aromatic carbocycles. The molecule has 0 bridgehead atoms. The van der Waals surface area contributed by atoms with E-state index in [0.29, 0.717) is 12.8 Å². The van der Waals surface area contributed by atoms with E-state index in [1.807, 2.05) is 74.5 Å². The first-order valence-corrected chi connectivity index (χ1v) is 8.02. The van der Waals surface area contributed by atoms with E-state index in [9.17, 15) is 19.8 Å². The molecule has 0 saturated heterocycles. The average molecular weight is 366 g/mol. The predicted octanol–water partition coefficient (Wildman–Crippen LogP) is 1.48. The van der Waals surface area contributed by atoms with Crippen molar-refractivity contribution in [1.29, 1.82) is 0 Å². The van der Waals surface area contributed by atoms with E-state index in [-0.39, 0.29) is 37.7 Å². The van der Waals surface area contributed by atoms with Crippen LogP contribution in [0.5, 0.6) is 0 Å². The maximum absolute atomic E-state index is 10.6. The molecule has 128 valence electrons. The summed E-state index contributed by atoms with van der Waals surface area (Å²) in [5.74, 6) is -2.93. The standard InChI is InChI=1S/2C10H12O2.Ca/c2*1-2-9(10(11)12)8-6-4-3-5-7-8;/h2*3-7,9H,2H2,1H3,(H,11,12);/q;;+2/p-2. The molecule has 0 amide bonds. The number of hydrogen-bond acceptors (Lipinski definition) is 4. The van der Waals surface area contributed by atoms with Crippen molar-refractivity contribution in [3.8, 4) is 0 Å². The number of rotatable bonds is 6. The summed E-state index contributed by atoms with van der Waals surface area (Å²) in [5.41, 5.74) is 1.64. The minimum absolute atomic E-state index is 0. The van der Waals surface area contributed by atoms with E-state index in [4.69, 9.17) is 0 Å². The molecule has 0 aliphatic rings. The molecule has 2 aromatic rings. The van der Waals surface area contributed by atoms with Crippen molar-refractivity contribution >= 4 is 49.7 Å². The molecule has 4 nitrogen and oxygen atoms in total. The van der Waals surface area contributed by atoms with E-state index in [2.05, 4.69) is 0 Å². The Labute approximate surface area is 178 Å². The quantitative estimate of drug-likeness (QED) is 0.725. The third-order valence-electron chi connectivity index (χ3n) is 3.79. The number of benzene rings is 2. The zero-order valence-corrected chi connectivity index (χ0v) is 16.9. The van der Waals surface area contributed by atoms with Gasteiger partial charge in [-0.2, -0.15) is 0 Å². The van der Waals surface area contributed by atoms with Crippen molar-refractivity contribution in [2.24, 2.45) is 0 Å². The van der Waals surface area contributed by atoms with Gasteiger partial charge < -0.3 is 19.8 Å². The topological polar surface area (TPSA) is 80.3 Å². The minimum atomic E-state index is -0.997. The summed E-state index contributed by atoms with van der Waals surface area (Å²) >= 11 is 0. The van der Waals surface area contributed by atoms with E-state index in [1.165, 1.54) is 0 Å². The van der Waals surface area contributed by atoms with Crippen molar-refractivity contribution < 1.29 is 19.8 Å². The molecule has 0 heterocycles. The Bertz CT molecular complexity index is 571. The van der Waals surface area contributed by atoms with Crippen LogP contribution in [0.1, 0.15) is 49.7 Å². The van der Waals surface area contributed by atoms with Gasteiger partial charge >= 0.3 is 37.7 Å². The number of aliphatic carboxylic acids is 2. The molecule has 2 unspecified atom stereocenters. The Morgan fingerprint density at radius 1 is 0.720 bits per heavy atom. The molecule has 5 heteroatoms. The minimum Gasteiger partial charge on any atom is -0.549 e. The van der Waals surface area contributed by atoms with Gasteiger partial charge in [-0.3, -0.25) is 0 Å². The molecule has 25 heavy (non-hydrogen) atoms. The molecule has 0 aromatic heterocycles. The first-order chi connectivity index (χ1) is 11.5. The molecule has 2 rings (SSSR count). The molecule has 2 atom stereocenters. The van der Waals surface area contributed by atoms with Crippen LogP contribution in [0.2, 0.25) is 0 Å². The summed E-state index contributed by atoms with van der Waals surface area (Å²) in [6, 6.07) is 18.3. The number of hydrogen-bond donors (Lipinski definition) is 0. The molecular formula is C20H22CaO4. The second-order valence-electron chi connectivity index (χ2n) is 5.38. The fourth-order valence-corrected chi connectivity index (χ4v) is 2.45. The van der Waals surface area contributed by atoms with Crippen molar-refractivity contribution in [3.05, 3.63) is 71.8 Å². The van der Waals surface area contributed by atoms with Gasteiger partial charge in [-0.25, -0.2) is 0 Å². The summed E-state index contributed by atoms with van der Waals surface area (Å²) in [4.78, 5) is 21.2. The van der Waals surface area contributed by atoms with E-state index < -0.39 is 23.8 Å². The Morgan fingerprint density at radius 2 is 1.00 bits per heavy atom. The molecular weight excluding hydrogens is 344 g/mol.